The second kappa shape index (κ2) is 6.75. The lowest BCUT2D eigenvalue weighted by Gasteiger charge is -2.06. The van der Waals surface area contributed by atoms with Crippen LogP contribution >= 0.6 is 0 Å². The van der Waals surface area contributed by atoms with Crippen LogP contribution in [-0.4, -0.2) is 24.6 Å². The average Bonchev–Trinajstić information content (AvgIpc) is 2.45. The standard InChI is InChI=1S/C13H13F2N3O3S/c1-2-21-9-18-8-16-6-5-13(18)17-22(19,20)12-4-3-10(14)7-11(12)15/h3-8H,2,9H2,1H3/b17-13+. The molecule has 0 aliphatic carbocycles. The fourth-order valence-corrected chi connectivity index (χ4v) is 2.67. The number of ether oxygens (including phenoxy) is 1. The van der Waals surface area contributed by atoms with Gasteiger partial charge in [-0.3, -0.25) is 4.57 Å². The Morgan fingerprint density at radius 1 is 1.32 bits per heavy atom. The Morgan fingerprint density at radius 3 is 2.77 bits per heavy atom. The number of rotatable bonds is 5. The first-order valence-electron chi connectivity index (χ1n) is 6.28. The number of sulfonamides is 1. The van der Waals surface area contributed by atoms with Crippen LogP contribution in [0.4, 0.5) is 8.78 Å². The van der Waals surface area contributed by atoms with Crippen molar-refractivity contribution in [2.24, 2.45) is 4.40 Å². The third-order valence-electron chi connectivity index (χ3n) is 2.63. The topological polar surface area (TPSA) is 73.5 Å². The van der Waals surface area contributed by atoms with Crippen LogP contribution in [0.25, 0.3) is 0 Å². The van der Waals surface area contributed by atoms with Gasteiger partial charge in [-0.1, -0.05) is 0 Å². The number of aromatic nitrogens is 2. The van der Waals surface area contributed by atoms with Gasteiger partial charge in [0.2, 0.25) is 0 Å². The van der Waals surface area contributed by atoms with Gasteiger partial charge >= 0.3 is 0 Å². The molecule has 0 unspecified atom stereocenters. The third-order valence-corrected chi connectivity index (χ3v) is 3.94. The Labute approximate surface area is 125 Å². The van der Waals surface area contributed by atoms with E-state index in [9.17, 15) is 17.2 Å². The fourth-order valence-electron chi connectivity index (χ4n) is 1.61. The molecule has 118 valence electrons. The van der Waals surface area contributed by atoms with E-state index >= 15 is 0 Å². The quantitative estimate of drug-likeness (QED) is 0.832. The van der Waals surface area contributed by atoms with Gasteiger partial charge in [-0.2, -0.15) is 8.42 Å². The zero-order valence-corrected chi connectivity index (χ0v) is 12.4. The van der Waals surface area contributed by atoms with Crippen molar-refractivity contribution in [2.45, 2.75) is 18.6 Å². The van der Waals surface area contributed by atoms with Crippen molar-refractivity contribution in [1.82, 2.24) is 9.55 Å². The van der Waals surface area contributed by atoms with E-state index in [2.05, 4.69) is 9.38 Å². The van der Waals surface area contributed by atoms with Crippen molar-refractivity contribution in [3.05, 3.63) is 53.9 Å². The molecule has 0 aliphatic rings. The summed E-state index contributed by atoms with van der Waals surface area (Å²) in [5.74, 6) is -2.07. The predicted octanol–water partition coefficient (Wildman–Crippen LogP) is 1.44. The first kappa shape index (κ1) is 16.2. The van der Waals surface area contributed by atoms with Crippen molar-refractivity contribution >= 4 is 10.0 Å². The van der Waals surface area contributed by atoms with Gasteiger partial charge in [0.15, 0.2) is 5.49 Å². The Morgan fingerprint density at radius 2 is 2.09 bits per heavy atom. The Balaban J connectivity index is 2.51. The van der Waals surface area contributed by atoms with E-state index in [4.69, 9.17) is 4.74 Å². The van der Waals surface area contributed by atoms with E-state index in [-0.39, 0.29) is 12.2 Å². The molecule has 2 rings (SSSR count). The summed E-state index contributed by atoms with van der Waals surface area (Å²) in [7, 11) is -4.33. The van der Waals surface area contributed by atoms with Crippen LogP contribution in [-0.2, 0) is 21.5 Å². The molecule has 0 amide bonds. The number of benzene rings is 1. The monoisotopic (exact) mass is 329 g/mol. The number of hydrogen-bond acceptors (Lipinski definition) is 4. The lowest BCUT2D eigenvalue weighted by Crippen LogP contribution is -2.23. The number of hydrogen-bond donors (Lipinski definition) is 0. The Hall–Kier alpha value is -2.13. The minimum Gasteiger partial charge on any atom is -0.361 e. The van der Waals surface area contributed by atoms with Crippen LogP contribution < -0.4 is 5.49 Å². The van der Waals surface area contributed by atoms with Crippen molar-refractivity contribution < 1.29 is 21.9 Å². The zero-order chi connectivity index (χ0) is 16.2. The van der Waals surface area contributed by atoms with Gasteiger partial charge in [-0.05, 0) is 19.1 Å². The summed E-state index contributed by atoms with van der Waals surface area (Å²) in [6, 6.07) is 3.52. The van der Waals surface area contributed by atoms with E-state index in [0.717, 1.165) is 12.1 Å². The molecular formula is C13H13F2N3O3S. The maximum atomic E-state index is 13.6. The van der Waals surface area contributed by atoms with Gasteiger partial charge in [-0.15, -0.1) is 4.40 Å². The maximum absolute atomic E-state index is 13.6. The molecule has 1 aromatic carbocycles. The third kappa shape index (κ3) is 3.74. The molecule has 2 aromatic rings. The van der Waals surface area contributed by atoms with Crippen LogP contribution in [0.1, 0.15) is 6.92 Å². The molecule has 0 N–H and O–H groups in total. The highest BCUT2D eigenvalue weighted by atomic mass is 32.2. The largest absolute Gasteiger partial charge is 0.361 e. The van der Waals surface area contributed by atoms with Gasteiger partial charge in [0.25, 0.3) is 10.0 Å². The van der Waals surface area contributed by atoms with Gasteiger partial charge in [0.1, 0.15) is 23.3 Å². The summed E-state index contributed by atoms with van der Waals surface area (Å²) >= 11 is 0. The van der Waals surface area contributed by atoms with Crippen LogP contribution in [0.5, 0.6) is 0 Å². The van der Waals surface area contributed by atoms with E-state index in [1.807, 2.05) is 0 Å². The number of halogens is 2. The van der Waals surface area contributed by atoms with Crippen molar-refractivity contribution in [2.75, 3.05) is 6.61 Å². The molecule has 0 bridgehead atoms. The molecular weight excluding hydrogens is 316 g/mol. The second-order valence-electron chi connectivity index (χ2n) is 4.17. The summed E-state index contributed by atoms with van der Waals surface area (Å²) in [6.45, 7) is 2.24. The van der Waals surface area contributed by atoms with E-state index in [0.29, 0.717) is 12.7 Å². The molecule has 0 aliphatic heterocycles. The maximum Gasteiger partial charge on any atom is 0.287 e. The minimum atomic E-state index is -4.33. The SMILES string of the molecule is CCOCn1cncc/c1=N\S(=O)(=O)c1ccc(F)cc1F. The normalized spacial score (nSPS) is 12.6. The highest BCUT2D eigenvalue weighted by Gasteiger charge is 2.18. The van der Waals surface area contributed by atoms with E-state index in [1.165, 1.54) is 23.2 Å². The van der Waals surface area contributed by atoms with Crippen molar-refractivity contribution in [3.8, 4) is 0 Å². The summed E-state index contributed by atoms with van der Waals surface area (Å²) in [4.78, 5) is 3.13. The molecule has 22 heavy (non-hydrogen) atoms. The zero-order valence-electron chi connectivity index (χ0n) is 11.6. The molecule has 1 aromatic heterocycles. The highest BCUT2D eigenvalue weighted by molar-refractivity contribution is 7.90. The smallest absolute Gasteiger partial charge is 0.287 e. The average molecular weight is 329 g/mol. The fraction of sp³-hybridized carbons (Fsp3) is 0.231. The molecule has 0 saturated heterocycles. The van der Waals surface area contributed by atoms with Gasteiger partial charge in [0.05, 0.1) is 6.33 Å². The molecule has 0 atom stereocenters. The van der Waals surface area contributed by atoms with Crippen molar-refractivity contribution in [1.29, 1.82) is 0 Å². The predicted molar refractivity (Wildman–Crippen MR) is 73.0 cm³/mol. The van der Waals surface area contributed by atoms with Crippen LogP contribution in [0.2, 0.25) is 0 Å². The Bertz CT molecular complexity index is 834. The molecule has 0 spiro atoms. The lowest BCUT2D eigenvalue weighted by atomic mass is 10.3. The van der Waals surface area contributed by atoms with Crippen molar-refractivity contribution in [3.63, 3.8) is 0 Å². The van der Waals surface area contributed by atoms with Crippen LogP contribution in [0, 0.1) is 11.6 Å². The van der Waals surface area contributed by atoms with E-state index in [1.54, 1.807) is 6.92 Å². The summed E-state index contributed by atoms with van der Waals surface area (Å²) in [5, 5.41) is 0. The Kier molecular flexibility index (Phi) is 4.99. The summed E-state index contributed by atoms with van der Waals surface area (Å²) in [5.41, 5.74) is 0.0205. The van der Waals surface area contributed by atoms with Gasteiger partial charge in [-0.25, -0.2) is 13.8 Å². The molecule has 0 radical (unpaired) electrons. The summed E-state index contributed by atoms with van der Waals surface area (Å²) < 4.78 is 60.9. The number of nitrogens with zero attached hydrogens (tertiary/aromatic N) is 3. The second-order valence-corrected chi connectivity index (χ2v) is 5.74. The van der Waals surface area contributed by atoms with Gasteiger partial charge < -0.3 is 4.74 Å². The first-order chi connectivity index (χ1) is 10.4. The van der Waals surface area contributed by atoms with E-state index < -0.39 is 26.6 Å². The molecule has 1 heterocycles. The summed E-state index contributed by atoms with van der Waals surface area (Å²) in [6.07, 6.45) is 2.68. The molecule has 6 nitrogen and oxygen atoms in total. The highest BCUT2D eigenvalue weighted by Crippen LogP contribution is 2.17. The van der Waals surface area contributed by atoms with Gasteiger partial charge in [0, 0.05) is 24.9 Å². The first-order valence-corrected chi connectivity index (χ1v) is 7.72. The molecule has 9 heteroatoms. The lowest BCUT2D eigenvalue weighted by molar-refractivity contribution is 0.0841. The molecule has 0 fully saturated rings. The minimum absolute atomic E-state index is 0.0205. The molecule has 0 saturated carbocycles. The van der Waals surface area contributed by atoms with Crippen LogP contribution in [0.3, 0.4) is 0 Å². The van der Waals surface area contributed by atoms with Crippen LogP contribution in [0.15, 0.2) is 46.1 Å².